The number of aromatic hydroxyl groups is 1. The van der Waals surface area contributed by atoms with E-state index in [4.69, 9.17) is 0 Å². The Bertz CT molecular complexity index is 496. The largest absolute Gasteiger partial charge is 0.493 e. The van der Waals surface area contributed by atoms with Crippen molar-refractivity contribution in [1.29, 1.82) is 0 Å². The second-order valence-electron chi connectivity index (χ2n) is 7.14. The summed E-state index contributed by atoms with van der Waals surface area (Å²) in [6.45, 7) is 9.03. The Morgan fingerprint density at radius 2 is 1.44 bits per heavy atom. The van der Waals surface area contributed by atoms with Crippen LogP contribution in [0.25, 0.3) is 0 Å². The van der Waals surface area contributed by atoms with Gasteiger partial charge in [-0.15, -0.1) is 0 Å². The highest BCUT2D eigenvalue weighted by molar-refractivity contribution is 5.18. The van der Waals surface area contributed by atoms with Crippen LogP contribution >= 0.6 is 0 Å². The number of nitrogens with one attached hydrogen (secondary N) is 1. The molecule has 0 aliphatic heterocycles. The summed E-state index contributed by atoms with van der Waals surface area (Å²) in [6.07, 6.45) is 12.5. The highest BCUT2D eigenvalue weighted by Gasteiger charge is 2.15. The van der Waals surface area contributed by atoms with E-state index >= 15 is 0 Å². The highest BCUT2D eigenvalue weighted by Crippen LogP contribution is 2.16. The lowest BCUT2D eigenvalue weighted by Gasteiger charge is -2.22. The molecule has 0 atom stereocenters. The summed E-state index contributed by atoms with van der Waals surface area (Å²) in [4.78, 5) is 17.4. The van der Waals surface area contributed by atoms with Crippen molar-refractivity contribution in [3.05, 3.63) is 16.2 Å². The maximum atomic E-state index is 12.2. The average Bonchev–Trinajstić information content (AvgIpc) is 2.87. The van der Waals surface area contributed by atoms with Crippen molar-refractivity contribution in [2.75, 3.05) is 13.1 Å². The third kappa shape index (κ3) is 8.13. The Balaban J connectivity index is 2.67. The van der Waals surface area contributed by atoms with Gasteiger partial charge in [-0.1, -0.05) is 65.7 Å². The minimum absolute atomic E-state index is 0.130. The smallest absolute Gasteiger partial charge is 0.329 e. The van der Waals surface area contributed by atoms with Crippen molar-refractivity contribution in [3.63, 3.8) is 0 Å². The average molecular weight is 354 g/mol. The summed E-state index contributed by atoms with van der Waals surface area (Å²) in [6, 6.07) is 0. The number of hydrogen-bond donors (Lipinski definition) is 2. The number of hydrogen-bond acceptors (Lipinski definition) is 3. The Kier molecular flexibility index (Phi) is 11.4. The molecule has 0 aliphatic rings. The van der Waals surface area contributed by atoms with Crippen LogP contribution in [-0.2, 0) is 13.1 Å². The standard InChI is InChI=1S/C20H39N3O2/c1-4-7-10-12-15-22(16-13-11-8-5-2)17-23-19(24)18(14-9-6-3)21-20(23)25/h24H,4-17H2,1-3H3,(H,21,25). The van der Waals surface area contributed by atoms with Crippen molar-refractivity contribution >= 4 is 0 Å². The van der Waals surface area contributed by atoms with E-state index < -0.39 is 0 Å². The number of aromatic amines is 1. The predicted molar refractivity (Wildman–Crippen MR) is 105 cm³/mol. The van der Waals surface area contributed by atoms with Crippen LogP contribution in [0.2, 0.25) is 0 Å². The molecule has 1 aromatic rings. The molecule has 1 aromatic heterocycles. The van der Waals surface area contributed by atoms with Crippen LogP contribution in [0.4, 0.5) is 0 Å². The zero-order valence-electron chi connectivity index (χ0n) is 16.6. The summed E-state index contributed by atoms with van der Waals surface area (Å²) in [5.74, 6) is 0.130. The normalized spacial score (nSPS) is 11.5. The fraction of sp³-hybridized carbons (Fsp3) is 0.850. The lowest BCUT2D eigenvalue weighted by Crippen LogP contribution is -2.32. The highest BCUT2D eigenvalue weighted by atomic mass is 16.3. The maximum Gasteiger partial charge on any atom is 0.329 e. The van der Waals surface area contributed by atoms with Gasteiger partial charge in [0.15, 0.2) is 0 Å². The van der Waals surface area contributed by atoms with Crippen LogP contribution in [0.15, 0.2) is 4.79 Å². The first-order valence-electron chi connectivity index (χ1n) is 10.4. The van der Waals surface area contributed by atoms with Crippen LogP contribution in [0.1, 0.15) is 90.7 Å². The predicted octanol–water partition coefficient (Wildman–Crippen LogP) is 4.64. The van der Waals surface area contributed by atoms with E-state index in [0.717, 1.165) is 45.2 Å². The first-order chi connectivity index (χ1) is 12.1. The number of rotatable bonds is 15. The molecule has 0 saturated heterocycles. The van der Waals surface area contributed by atoms with Crippen molar-refractivity contribution in [2.45, 2.75) is 98.1 Å². The molecule has 25 heavy (non-hydrogen) atoms. The van der Waals surface area contributed by atoms with E-state index in [1.54, 1.807) is 0 Å². The van der Waals surface area contributed by atoms with Crippen LogP contribution in [0.3, 0.4) is 0 Å². The van der Waals surface area contributed by atoms with Gasteiger partial charge in [-0.05, 0) is 38.8 Å². The van der Waals surface area contributed by atoms with E-state index in [2.05, 4.69) is 30.7 Å². The molecule has 1 rings (SSSR count). The molecule has 5 nitrogen and oxygen atoms in total. The second-order valence-corrected chi connectivity index (χ2v) is 7.14. The summed E-state index contributed by atoms with van der Waals surface area (Å²) in [5.41, 5.74) is 0.500. The molecule has 0 bridgehead atoms. The molecule has 2 N–H and O–H groups in total. The summed E-state index contributed by atoms with van der Waals surface area (Å²) in [5, 5.41) is 10.4. The summed E-state index contributed by atoms with van der Waals surface area (Å²) in [7, 11) is 0. The van der Waals surface area contributed by atoms with Crippen molar-refractivity contribution in [1.82, 2.24) is 14.5 Å². The molecule has 0 aromatic carbocycles. The van der Waals surface area contributed by atoms with Gasteiger partial charge in [0, 0.05) is 0 Å². The molecule has 0 saturated carbocycles. The Morgan fingerprint density at radius 3 is 1.96 bits per heavy atom. The number of nitrogens with zero attached hydrogens (tertiary/aromatic N) is 2. The van der Waals surface area contributed by atoms with Crippen molar-refractivity contribution < 1.29 is 5.11 Å². The van der Waals surface area contributed by atoms with Gasteiger partial charge in [-0.2, -0.15) is 0 Å². The van der Waals surface area contributed by atoms with E-state index in [9.17, 15) is 9.90 Å². The van der Waals surface area contributed by atoms with Crippen LogP contribution in [0, 0.1) is 0 Å². The fourth-order valence-corrected chi connectivity index (χ4v) is 3.15. The monoisotopic (exact) mass is 353 g/mol. The number of imidazole rings is 1. The van der Waals surface area contributed by atoms with Gasteiger partial charge in [0.05, 0.1) is 12.4 Å². The first-order valence-corrected chi connectivity index (χ1v) is 10.4. The minimum Gasteiger partial charge on any atom is -0.493 e. The molecule has 0 unspecified atom stereocenters. The van der Waals surface area contributed by atoms with Gasteiger partial charge >= 0.3 is 5.69 Å². The van der Waals surface area contributed by atoms with E-state index in [1.165, 1.54) is 43.1 Å². The number of unbranched alkanes of at least 4 members (excludes halogenated alkanes) is 7. The molecule has 0 spiro atoms. The lowest BCUT2D eigenvalue weighted by molar-refractivity contribution is 0.196. The van der Waals surface area contributed by atoms with Gasteiger partial charge in [0.25, 0.3) is 0 Å². The third-order valence-electron chi connectivity index (χ3n) is 4.81. The molecule has 0 aliphatic carbocycles. The van der Waals surface area contributed by atoms with Gasteiger partial charge in [-0.25, -0.2) is 9.36 Å². The van der Waals surface area contributed by atoms with Crippen LogP contribution < -0.4 is 5.69 Å². The minimum atomic E-state index is -0.185. The van der Waals surface area contributed by atoms with E-state index in [1.807, 2.05) is 0 Å². The maximum absolute atomic E-state index is 12.2. The fourth-order valence-electron chi connectivity index (χ4n) is 3.15. The topological polar surface area (TPSA) is 61.3 Å². The SMILES string of the molecule is CCCCCCN(CCCCCC)Cn1c(O)c(CCCC)[nH]c1=O. The molecule has 1 heterocycles. The van der Waals surface area contributed by atoms with E-state index in [0.29, 0.717) is 12.4 Å². The quantitative estimate of drug-likeness (QED) is 0.451. The zero-order valence-corrected chi connectivity index (χ0v) is 16.6. The Morgan fingerprint density at radius 1 is 0.880 bits per heavy atom. The van der Waals surface area contributed by atoms with Gasteiger partial charge in [0.1, 0.15) is 0 Å². The van der Waals surface area contributed by atoms with Crippen molar-refractivity contribution in [3.8, 4) is 5.88 Å². The third-order valence-corrected chi connectivity index (χ3v) is 4.81. The van der Waals surface area contributed by atoms with E-state index in [-0.39, 0.29) is 11.6 Å². The van der Waals surface area contributed by atoms with Crippen LogP contribution in [-0.4, -0.2) is 32.6 Å². The molecule has 146 valence electrons. The Hall–Kier alpha value is -1.23. The number of H-pyrrole nitrogens is 1. The van der Waals surface area contributed by atoms with Gasteiger partial charge < -0.3 is 10.1 Å². The van der Waals surface area contributed by atoms with Gasteiger partial charge in [0.2, 0.25) is 5.88 Å². The number of aromatic nitrogens is 2. The molecular weight excluding hydrogens is 314 g/mol. The second kappa shape index (κ2) is 13.0. The molecule has 5 heteroatoms. The Labute approximate surface area is 153 Å². The van der Waals surface area contributed by atoms with Crippen molar-refractivity contribution in [2.24, 2.45) is 0 Å². The van der Waals surface area contributed by atoms with Crippen LogP contribution in [0.5, 0.6) is 5.88 Å². The molecular formula is C20H39N3O2. The zero-order chi connectivity index (χ0) is 18.5. The first kappa shape index (κ1) is 21.8. The lowest BCUT2D eigenvalue weighted by atomic mass is 10.2. The molecule has 0 radical (unpaired) electrons. The summed E-state index contributed by atoms with van der Waals surface area (Å²) < 4.78 is 1.50. The van der Waals surface area contributed by atoms with Gasteiger partial charge in [-0.3, -0.25) is 4.90 Å². The molecule has 0 amide bonds. The summed E-state index contributed by atoms with van der Waals surface area (Å²) >= 11 is 0. The number of aryl methyl sites for hydroxylation is 1. The molecule has 0 fully saturated rings.